The zero-order valence-corrected chi connectivity index (χ0v) is 11.4. The topological polar surface area (TPSA) is 55.6 Å². The van der Waals surface area contributed by atoms with Crippen LogP contribution in [0.5, 0.6) is 0 Å². The fourth-order valence-electron chi connectivity index (χ4n) is 2.05. The zero-order chi connectivity index (χ0) is 13.2. The molecule has 1 saturated carbocycles. The second kappa shape index (κ2) is 4.99. The molecule has 1 N–H and O–H groups in total. The standard InChI is InChI=1S/C14H19N5/c1-3-7-15-13-9-12(10-4-5-10)16-14(17-13)11-6-8-19(2)18-11/h6,8-10H,3-5,7H2,1-2H3,(H,15,16,17). The summed E-state index contributed by atoms with van der Waals surface area (Å²) in [4.78, 5) is 9.23. The van der Waals surface area contributed by atoms with Crippen LogP contribution in [0.3, 0.4) is 0 Å². The van der Waals surface area contributed by atoms with Crippen LogP contribution in [0.15, 0.2) is 18.3 Å². The number of aromatic nitrogens is 4. The van der Waals surface area contributed by atoms with Gasteiger partial charge in [-0.2, -0.15) is 5.10 Å². The highest BCUT2D eigenvalue weighted by molar-refractivity contribution is 5.53. The summed E-state index contributed by atoms with van der Waals surface area (Å²) in [5.41, 5.74) is 1.99. The maximum Gasteiger partial charge on any atom is 0.182 e. The van der Waals surface area contributed by atoms with Gasteiger partial charge in [-0.15, -0.1) is 0 Å². The molecule has 0 spiro atoms. The normalized spacial score (nSPS) is 14.6. The molecule has 5 heteroatoms. The number of aryl methyl sites for hydroxylation is 1. The number of nitrogens with zero attached hydrogens (tertiary/aromatic N) is 4. The van der Waals surface area contributed by atoms with Crippen molar-refractivity contribution < 1.29 is 0 Å². The molecule has 2 aromatic rings. The Morgan fingerprint density at radius 1 is 1.37 bits per heavy atom. The molecule has 0 aliphatic heterocycles. The van der Waals surface area contributed by atoms with Gasteiger partial charge in [0.2, 0.25) is 0 Å². The average Bonchev–Trinajstić information content (AvgIpc) is 3.18. The average molecular weight is 257 g/mol. The summed E-state index contributed by atoms with van der Waals surface area (Å²) in [6.07, 6.45) is 5.49. The third-order valence-electron chi connectivity index (χ3n) is 3.24. The van der Waals surface area contributed by atoms with E-state index in [4.69, 9.17) is 0 Å². The largest absolute Gasteiger partial charge is 0.370 e. The molecule has 0 atom stereocenters. The molecule has 5 nitrogen and oxygen atoms in total. The fraction of sp³-hybridized carbons (Fsp3) is 0.500. The van der Waals surface area contributed by atoms with E-state index in [1.54, 1.807) is 4.68 Å². The van der Waals surface area contributed by atoms with E-state index in [-0.39, 0.29) is 0 Å². The Morgan fingerprint density at radius 2 is 2.21 bits per heavy atom. The van der Waals surface area contributed by atoms with Crippen molar-refractivity contribution in [1.82, 2.24) is 19.7 Å². The van der Waals surface area contributed by atoms with Gasteiger partial charge in [-0.05, 0) is 25.3 Å². The molecule has 0 aromatic carbocycles. The summed E-state index contributed by atoms with van der Waals surface area (Å²) in [7, 11) is 1.91. The Labute approximate surface area is 113 Å². The number of anilines is 1. The number of rotatable bonds is 5. The molecule has 2 aromatic heterocycles. The van der Waals surface area contributed by atoms with Crippen molar-refractivity contribution in [3.63, 3.8) is 0 Å². The predicted octanol–water partition coefficient (Wildman–Crippen LogP) is 2.58. The highest BCUT2D eigenvalue weighted by Crippen LogP contribution is 2.40. The van der Waals surface area contributed by atoms with Crippen LogP contribution in [0.4, 0.5) is 5.82 Å². The lowest BCUT2D eigenvalue weighted by atomic mass is 10.2. The van der Waals surface area contributed by atoms with Crippen LogP contribution in [-0.2, 0) is 7.05 Å². The molecule has 100 valence electrons. The van der Waals surface area contributed by atoms with Gasteiger partial charge in [-0.3, -0.25) is 4.68 Å². The van der Waals surface area contributed by atoms with Gasteiger partial charge in [-0.1, -0.05) is 6.92 Å². The maximum atomic E-state index is 4.66. The Balaban J connectivity index is 1.95. The number of hydrogen-bond donors (Lipinski definition) is 1. The van der Waals surface area contributed by atoms with Crippen LogP contribution >= 0.6 is 0 Å². The van der Waals surface area contributed by atoms with Gasteiger partial charge in [0, 0.05) is 37.5 Å². The van der Waals surface area contributed by atoms with E-state index >= 15 is 0 Å². The van der Waals surface area contributed by atoms with Crippen molar-refractivity contribution in [3.05, 3.63) is 24.0 Å². The van der Waals surface area contributed by atoms with E-state index in [2.05, 4.69) is 33.4 Å². The lowest BCUT2D eigenvalue weighted by Gasteiger charge is -2.08. The van der Waals surface area contributed by atoms with Crippen molar-refractivity contribution in [2.45, 2.75) is 32.1 Å². The second-order valence-corrected chi connectivity index (χ2v) is 5.08. The molecule has 1 fully saturated rings. The highest BCUT2D eigenvalue weighted by atomic mass is 15.3. The Hall–Kier alpha value is -1.91. The number of hydrogen-bond acceptors (Lipinski definition) is 4. The second-order valence-electron chi connectivity index (χ2n) is 5.08. The monoisotopic (exact) mass is 257 g/mol. The smallest absolute Gasteiger partial charge is 0.182 e. The van der Waals surface area contributed by atoms with Gasteiger partial charge in [0.25, 0.3) is 0 Å². The maximum absolute atomic E-state index is 4.66. The first-order valence-corrected chi connectivity index (χ1v) is 6.89. The first-order valence-electron chi connectivity index (χ1n) is 6.89. The first kappa shape index (κ1) is 12.1. The molecular weight excluding hydrogens is 238 g/mol. The van der Waals surface area contributed by atoms with Crippen LogP contribution in [0.1, 0.15) is 37.8 Å². The van der Waals surface area contributed by atoms with Crippen LogP contribution < -0.4 is 5.32 Å². The molecule has 0 radical (unpaired) electrons. The van der Waals surface area contributed by atoms with Gasteiger partial charge in [0.1, 0.15) is 11.5 Å². The van der Waals surface area contributed by atoms with Gasteiger partial charge in [0.05, 0.1) is 0 Å². The van der Waals surface area contributed by atoms with E-state index in [9.17, 15) is 0 Å². The van der Waals surface area contributed by atoms with Crippen LogP contribution in [-0.4, -0.2) is 26.3 Å². The van der Waals surface area contributed by atoms with Gasteiger partial charge in [-0.25, -0.2) is 9.97 Å². The molecule has 1 aliphatic carbocycles. The van der Waals surface area contributed by atoms with E-state index in [1.807, 2.05) is 19.3 Å². The Kier molecular flexibility index (Phi) is 3.19. The van der Waals surface area contributed by atoms with Crippen molar-refractivity contribution >= 4 is 5.82 Å². The molecular formula is C14H19N5. The predicted molar refractivity (Wildman–Crippen MR) is 75.0 cm³/mol. The minimum Gasteiger partial charge on any atom is -0.370 e. The van der Waals surface area contributed by atoms with Crippen LogP contribution in [0, 0.1) is 0 Å². The minimum absolute atomic E-state index is 0.618. The molecule has 2 heterocycles. The van der Waals surface area contributed by atoms with Crippen LogP contribution in [0.2, 0.25) is 0 Å². The quantitative estimate of drug-likeness (QED) is 0.894. The third-order valence-corrected chi connectivity index (χ3v) is 3.24. The molecule has 0 saturated heterocycles. The SMILES string of the molecule is CCCNc1cc(C2CC2)nc(-c2ccn(C)n2)n1. The van der Waals surface area contributed by atoms with Crippen molar-refractivity contribution in [2.24, 2.45) is 7.05 Å². The van der Waals surface area contributed by atoms with Crippen LogP contribution in [0.25, 0.3) is 11.5 Å². The molecule has 1 aliphatic rings. The van der Waals surface area contributed by atoms with Gasteiger partial charge >= 0.3 is 0 Å². The van der Waals surface area contributed by atoms with Gasteiger partial charge in [0.15, 0.2) is 5.82 Å². The minimum atomic E-state index is 0.618. The Bertz CT molecular complexity index is 571. The van der Waals surface area contributed by atoms with Crippen molar-refractivity contribution in [1.29, 1.82) is 0 Å². The molecule has 3 rings (SSSR count). The Morgan fingerprint density at radius 3 is 2.84 bits per heavy atom. The molecule has 0 amide bonds. The third kappa shape index (κ3) is 2.75. The highest BCUT2D eigenvalue weighted by Gasteiger charge is 2.26. The summed E-state index contributed by atoms with van der Waals surface area (Å²) in [5, 5.41) is 7.74. The fourth-order valence-corrected chi connectivity index (χ4v) is 2.05. The summed E-state index contributed by atoms with van der Waals surface area (Å²) in [5.74, 6) is 2.26. The zero-order valence-electron chi connectivity index (χ0n) is 11.4. The lowest BCUT2D eigenvalue weighted by molar-refractivity contribution is 0.768. The van der Waals surface area contributed by atoms with E-state index in [0.717, 1.165) is 36.0 Å². The van der Waals surface area contributed by atoms with Crippen molar-refractivity contribution in [2.75, 3.05) is 11.9 Å². The number of nitrogens with one attached hydrogen (secondary N) is 1. The van der Waals surface area contributed by atoms with E-state index < -0.39 is 0 Å². The van der Waals surface area contributed by atoms with E-state index in [0.29, 0.717) is 5.92 Å². The van der Waals surface area contributed by atoms with Gasteiger partial charge < -0.3 is 5.32 Å². The first-order chi connectivity index (χ1) is 9.26. The summed E-state index contributed by atoms with van der Waals surface area (Å²) < 4.78 is 1.78. The lowest BCUT2D eigenvalue weighted by Crippen LogP contribution is -2.05. The molecule has 19 heavy (non-hydrogen) atoms. The summed E-state index contributed by atoms with van der Waals surface area (Å²) in [6.45, 7) is 3.08. The molecule has 0 unspecified atom stereocenters. The molecule has 0 bridgehead atoms. The van der Waals surface area contributed by atoms with Crippen molar-refractivity contribution in [3.8, 4) is 11.5 Å². The summed E-state index contributed by atoms with van der Waals surface area (Å²) >= 11 is 0. The summed E-state index contributed by atoms with van der Waals surface area (Å²) in [6, 6.07) is 4.04. The van der Waals surface area contributed by atoms with E-state index in [1.165, 1.54) is 12.8 Å².